The normalized spacial score (nSPS) is 10.2. The molecule has 0 aliphatic carbocycles. The summed E-state index contributed by atoms with van der Waals surface area (Å²) in [6.07, 6.45) is 1.47. The molecule has 0 unspecified atom stereocenters. The van der Waals surface area contributed by atoms with Crippen molar-refractivity contribution in [3.63, 3.8) is 0 Å². The summed E-state index contributed by atoms with van der Waals surface area (Å²) in [6, 6.07) is 15.2. The van der Waals surface area contributed by atoms with Crippen molar-refractivity contribution in [1.82, 2.24) is 9.97 Å². The molecule has 3 aromatic rings. The van der Waals surface area contributed by atoms with E-state index in [-0.39, 0.29) is 0 Å². The fraction of sp³-hybridized carbons (Fsp3) is 0.238. The lowest BCUT2D eigenvalue weighted by Crippen LogP contribution is -2.04. The summed E-state index contributed by atoms with van der Waals surface area (Å²) in [5.41, 5.74) is 1.98. The molecule has 1 heterocycles. The average Bonchev–Trinajstić information content (AvgIpc) is 2.76. The highest BCUT2D eigenvalue weighted by atomic mass is 16.5. The van der Waals surface area contributed by atoms with E-state index in [4.69, 9.17) is 18.9 Å². The van der Waals surface area contributed by atoms with Crippen molar-refractivity contribution in [2.45, 2.75) is 13.2 Å². The summed E-state index contributed by atoms with van der Waals surface area (Å²) in [5, 5.41) is 3.26. The number of methoxy groups -OCH3 is 3. The lowest BCUT2D eigenvalue weighted by Gasteiger charge is -2.12. The van der Waals surface area contributed by atoms with Gasteiger partial charge in [-0.05, 0) is 35.9 Å². The molecule has 1 aromatic heterocycles. The number of aromatic nitrogens is 2. The number of ether oxygens (including phenoxy) is 4. The predicted octanol–water partition coefficient (Wildman–Crippen LogP) is 3.69. The van der Waals surface area contributed by atoms with Crippen LogP contribution < -0.4 is 24.3 Å². The Balaban J connectivity index is 1.61. The van der Waals surface area contributed by atoms with E-state index in [0.717, 1.165) is 28.4 Å². The van der Waals surface area contributed by atoms with Crippen molar-refractivity contribution in [2.75, 3.05) is 26.6 Å². The first kappa shape index (κ1) is 19.3. The molecule has 0 aliphatic heterocycles. The largest absolute Gasteiger partial charge is 0.497 e. The highest BCUT2D eigenvalue weighted by Crippen LogP contribution is 2.25. The second kappa shape index (κ2) is 9.45. The zero-order valence-electron chi connectivity index (χ0n) is 16.1. The van der Waals surface area contributed by atoms with Crippen LogP contribution in [-0.2, 0) is 13.2 Å². The quantitative estimate of drug-likeness (QED) is 0.606. The van der Waals surface area contributed by atoms with Crippen molar-refractivity contribution in [1.29, 1.82) is 0 Å². The zero-order valence-corrected chi connectivity index (χ0v) is 16.1. The van der Waals surface area contributed by atoms with Crippen LogP contribution >= 0.6 is 0 Å². The third kappa shape index (κ3) is 5.03. The smallest absolute Gasteiger partial charge is 0.218 e. The Bertz CT molecular complexity index is 900. The summed E-state index contributed by atoms with van der Waals surface area (Å²) >= 11 is 0. The van der Waals surface area contributed by atoms with E-state index in [1.165, 1.54) is 6.33 Å². The van der Waals surface area contributed by atoms with Crippen LogP contribution in [0.25, 0.3) is 0 Å². The Morgan fingerprint density at radius 3 is 2.29 bits per heavy atom. The molecule has 0 saturated heterocycles. The molecule has 0 saturated carbocycles. The summed E-state index contributed by atoms with van der Waals surface area (Å²) in [4.78, 5) is 8.40. The molecule has 2 aromatic carbocycles. The summed E-state index contributed by atoms with van der Waals surface area (Å²) in [6.45, 7) is 0.930. The van der Waals surface area contributed by atoms with Crippen molar-refractivity contribution in [2.24, 2.45) is 0 Å². The highest BCUT2D eigenvalue weighted by Gasteiger charge is 2.07. The number of benzene rings is 2. The maximum Gasteiger partial charge on any atom is 0.218 e. The lowest BCUT2D eigenvalue weighted by molar-refractivity contribution is 0.284. The lowest BCUT2D eigenvalue weighted by atomic mass is 10.2. The van der Waals surface area contributed by atoms with Gasteiger partial charge in [0.15, 0.2) is 0 Å². The number of nitrogens with one attached hydrogen (secondary N) is 1. The molecule has 3 rings (SSSR count). The first-order valence-electron chi connectivity index (χ1n) is 8.74. The minimum absolute atomic E-state index is 0.301. The van der Waals surface area contributed by atoms with E-state index >= 15 is 0 Å². The van der Waals surface area contributed by atoms with Crippen LogP contribution in [0.4, 0.5) is 5.82 Å². The van der Waals surface area contributed by atoms with Gasteiger partial charge in [0.2, 0.25) is 5.88 Å². The van der Waals surface area contributed by atoms with Gasteiger partial charge < -0.3 is 24.3 Å². The highest BCUT2D eigenvalue weighted by molar-refractivity contribution is 5.41. The Morgan fingerprint density at radius 1 is 0.821 bits per heavy atom. The van der Waals surface area contributed by atoms with Crippen LogP contribution in [0.3, 0.4) is 0 Å². The second-order valence-corrected chi connectivity index (χ2v) is 5.91. The number of hydrogen-bond acceptors (Lipinski definition) is 7. The van der Waals surface area contributed by atoms with Gasteiger partial charge in [0.05, 0.1) is 21.3 Å². The van der Waals surface area contributed by atoms with Crippen molar-refractivity contribution in [3.8, 4) is 23.1 Å². The van der Waals surface area contributed by atoms with Crippen LogP contribution in [0, 0.1) is 0 Å². The van der Waals surface area contributed by atoms with Gasteiger partial charge in [-0.2, -0.15) is 0 Å². The molecule has 7 heteroatoms. The Morgan fingerprint density at radius 2 is 1.57 bits per heavy atom. The molecular formula is C21H23N3O4. The van der Waals surface area contributed by atoms with Gasteiger partial charge >= 0.3 is 0 Å². The van der Waals surface area contributed by atoms with Crippen LogP contribution in [0.2, 0.25) is 0 Å². The van der Waals surface area contributed by atoms with Crippen LogP contribution in [0.5, 0.6) is 23.1 Å². The second-order valence-electron chi connectivity index (χ2n) is 5.91. The zero-order chi connectivity index (χ0) is 19.8. The number of rotatable bonds is 9. The van der Waals surface area contributed by atoms with Crippen molar-refractivity contribution < 1.29 is 18.9 Å². The standard InChI is InChI=1S/C21H23N3O4/c1-25-17-6-4-15(5-7-17)12-22-20-11-21(24-14-23-20)28-13-16-10-18(26-2)8-9-19(16)27-3/h4-11,14H,12-13H2,1-3H3,(H,22,23,24). The van der Waals surface area contributed by atoms with E-state index in [1.54, 1.807) is 27.4 Å². The van der Waals surface area contributed by atoms with E-state index in [9.17, 15) is 0 Å². The third-order valence-electron chi connectivity index (χ3n) is 4.14. The van der Waals surface area contributed by atoms with Crippen molar-refractivity contribution in [3.05, 3.63) is 66.0 Å². The monoisotopic (exact) mass is 381 g/mol. The van der Waals surface area contributed by atoms with Crippen molar-refractivity contribution >= 4 is 5.82 Å². The average molecular weight is 381 g/mol. The van der Waals surface area contributed by atoms with Gasteiger partial charge in [0.25, 0.3) is 0 Å². The minimum atomic E-state index is 0.301. The molecule has 146 valence electrons. The molecule has 0 bridgehead atoms. The summed E-state index contributed by atoms with van der Waals surface area (Å²) in [5.74, 6) is 3.45. The first-order valence-corrected chi connectivity index (χ1v) is 8.74. The number of anilines is 1. The molecule has 7 nitrogen and oxygen atoms in total. The molecular weight excluding hydrogens is 358 g/mol. The fourth-order valence-corrected chi connectivity index (χ4v) is 2.60. The molecule has 0 fully saturated rings. The topological polar surface area (TPSA) is 74.7 Å². The molecule has 0 amide bonds. The molecule has 1 N–H and O–H groups in total. The van der Waals surface area contributed by atoms with Crippen LogP contribution in [-0.4, -0.2) is 31.3 Å². The number of nitrogens with zero attached hydrogens (tertiary/aromatic N) is 2. The summed E-state index contributed by atoms with van der Waals surface area (Å²) < 4.78 is 21.6. The van der Waals surface area contributed by atoms with Gasteiger partial charge in [-0.25, -0.2) is 9.97 Å². The van der Waals surface area contributed by atoms with E-state index in [1.807, 2.05) is 42.5 Å². The van der Waals surface area contributed by atoms with Crippen LogP contribution in [0.15, 0.2) is 54.9 Å². The molecule has 0 aliphatic rings. The maximum absolute atomic E-state index is 5.81. The van der Waals surface area contributed by atoms with Gasteiger partial charge in [-0.15, -0.1) is 0 Å². The molecule has 0 atom stereocenters. The van der Waals surface area contributed by atoms with E-state index in [2.05, 4.69) is 15.3 Å². The number of hydrogen-bond donors (Lipinski definition) is 1. The molecule has 28 heavy (non-hydrogen) atoms. The first-order chi connectivity index (χ1) is 13.7. The fourth-order valence-electron chi connectivity index (χ4n) is 2.60. The minimum Gasteiger partial charge on any atom is -0.497 e. The van der Waals surface area contributed by atoms with E-state index < -0.39 is 0 Å². The Kier molecular flexibility index (Phi) is 6.51. The maximum atomic E-state index is 5.81. The van der Waals surface area contributed by atoms with Gasteiger partial charge in [-0.1, -0.05) is 12.1 Å². The van der Waals surface area contributed by atoms with Crippen LogP contribution in [0.1, 0.15) is 11.1 Å². The molecule has 0 spiro atoms. The Labute approximate surface area is 164 Å². The van der Waals surface area contributed by atoms with E-state index in [0.29, 0.717) is 24.8 Å². The third-order valence-corrected chi connectivity index (χ3v) is 4.14. The van der Waals surface area contributed by atoms with Gasteiger partial charge in [-0.3, -0.25) is 0 Å². The molecule has 0 radical (unpaired) electrons. The predicted molar refractivity (Wildman–Crippen MR) is 106 cm³/mol. The SMILES string of the molecule is COc1ccc(CNc2cc(OCc3cc(OC)ccc3OC)ncn2)cc1. The Hall–Kier alpha value is -3.48. The summed E-state index contributed by atoms with van der Waals surface area (Å²) in [7, 11) is 4.89. The van der Waals surface area contributed by atoms with Gasteiger partial charge in [0, 0.05) is 18.2 Å². The van der Waals surface area contributed by atoms with Gasteiger partial charge in [0.1, 0.15) is 36.0 Å².